The van der Waals surface area contributed by atoms with Crippen LogP contribution in [0.1, 0.15) is 12.5 Å². The number of pyridine rings is 1. The summed E-state index contributed by atoms with van der Waals surface area (Å²) in [4.78, 5) is 15.6. The molecule has 1 unspecified atom stereocenters. The second-order valence-corrected chi connectivity index (χ2v) is 5.06. The van der Waals surface area contributed by atoms with Crippen molar-refractivity contribution in [3.63, 3.8) is 0 Å². The van der Waals surface area contributed by atoms with E-state index in [1.807, 2.05) is 30.3 Å². The number of nitrogens with two attached hydrogens (primary N) is 1. The molecule has 2 aromatic rings. The highest BCUT2D eigenvalue weighted by Gasteiger charge is 2.07. The molecule has 6 heteroatoms. The third kappa shape index (κ3) is 4.44. The third-order valence-electron chi connectivity index (χ3n) is 2.87. The number of hydrogen-bond donors (Lipinski definition) is 3. The monoisotopic (exact) mass is 304 g/mol. The molecule has 1 aromatic heterocycles. The molecule has 5 nitrogen and oxygen atoms in total. The van der Waals surface area contributed by atoms with Gasteiger partial charge in [0.05, 0.1) is 17.9 Å². The van der Waals surface area contributed by atoms with Gasteiger partial charge in [0.2, 0.25) is 5.91 Å². The molecule has 2 rings (SSSR count). The Kier molecular flexibility index (Phi) is 5.14. The van der Waals surface area contributed by atoms with Crippen molar-refractivity contribution < 1.29 is 4.79 Å². The molecule has 110 valence electrons. The van der Waals surface area contributed by atoms with Crippen LogP contribution in [0.4, 0.5) is 11.5 Å². The summed E-state index contributed by atoms with van der Waals surface area (Å²) in [6.07, 6.45) is 1.65. The van der Waals surface area contributed by atoms with Crippen LogP contribution in [0.25, 0.3) is 0 Å². The Labute approximate surface area is 128 Å². The highest BCUT2D eigenvalue weighted by atomic mass is 35.5. The topological polar surface area (TPSA) is 80.0 Å². The van der Waals surface area contributed by atoms with E-state index < -0.39 is 6.04 Å². The largest absolute Gasteiger partial charge is 0.380 e. The van der Waals surface area contributed by atoms with E-state index in [2.05, 4.69) is 15.6 Å². The number of carbonyl (C=O) groups is 1. The lowest BCUT2D eigenvalue weighted by atomic mass is 10.2. The molecular formula is C15H17ClN4O. The zero-order valence-corrected chi connectivity index (χ0v) is 12.4. The van der Waals surface area contributed by atoms with Gasteiger partial charge in [0.25, 0.3) is 0 Å². The van der Waals surface area contributed by atoms with Gasteiger partial charge in [0, 0.05) is 11.6 Å². The lowest BCUT2D eigenvalue weighted by Crippen LogP contribution is -2.32. The molecule has 1 heterocycles. The van der Waals surface area contributed by atoms with Gasteiger partial charge in [-0.3, -0.25) is 4.79 Å². The van der Waals surface area contributed by atoms with Gasteiger partial charge in [-0.25, -0.2) is 4.98 Å². The summed E-state index contributed by atoms with van der Waals surface area (Å²) in [5.74, 6) is 0.208. The number of nitrogens with one attached hydrogen (secondary N) is 2. The maximum absolute atomic E-state index is 11.4. The number of aromatic nitrogens is 1. The number of nitrogens with zero attached hydrogens (tertiary/aromatic N) is 1. The first-order chi connectivity index (χ1) is 10.1. The van der Waals surface area contributed by atoms with Crippen LogP contribution in [0, 0.1) is 0 Å². The Morgan fingerprint density at radius 2 is 2.10 bits per heavy atom. The number of carbonyl (C=O) groups excluding carboxylic acids is 1. The minimum Gasteiger partial charge on any atom is -0.380 e. The molecule has 0 radical (unpaired) electrons. The molecule has 0 bridgehead atoms. The van der Waals surface area contributed by atoms with E-state index in [4.69, 9.17) is 17.3 Å². The molecule has 21 heavy (non-hydrogen) atoms. The molecule has 1 amide bonds. The number of hydrogen-bond acceptors (Lipinski definition) is 4. The fraction of sp³-hybridized carbons (Fsp3) is 0.200. The highest BCUT2D eigenvalue weighted by Crippen LogP contribution is 2.17. The molecule has 4 N–H and O–H groups in total. The van der Waals surface area contributed by atoms with Gasteiger partial charge in [-0.2, -0.15) is 0 Å². The summed E-state index contributed by atoms with van der Waals surface area (Å²) in [7, 11) is 0. The van der Waals surface area contributed by atoms with Crippen LogP contribution in [0.3, 0.4) is 0 Å². The van der Waals surface area contributed by atoms with Crippen LogP contribution in [0.5, 0.6) is 0 Å². The lowest BCUT2D eigenvalue weighted by molar-refractivity contribution is -0.117. The molecule has 0 aliphatic heterocycles. The smallest absolute Gasteiger partial charge is 0.242 e. The number of benzene rings is 1. The zero-order valence-electron chi connectivity index (χ0n) is 11.6. The summed E-state index contributed by atoms with van der Waals surface area (Å²) in [6, 6.07) is 10.6. The van der Waals surface area contributed by atoms with Crippen molar-refractivity contribution in [1.29, 1.82) is 0 Å². The first kappa shape index (κ1) is 15.3. The van der Waals surface area contributed by atoms with E-state index in [9.17, 15) is 4.79 Å². The van der Waals surface area contributed by atoms with E-state index in [1.54, 1.807) is 19.2 Å². The number of halogens is 1. The van der Waals surface area contributed by atoms with Crippen LogP contribution in [0.2, 0.25) is 5.02 Å². The van der Waals surface area contributed by atoms with Crippen molar-refractivity contribution in [3.8, 4) is 0 Å². The summed E-state index contributed by atoms with van der Waals surface area (Å²) in [5, 5.41) is 6.57. The molecule has 0 fully saturated rings. The van der Waals surface area contributed by atoms with Crippen molar-refractivity contribution >= 4 is 29.0 Å². The standard InChI is InChI=1S/C15H17ClN4O/c1-10(17)15(21)20-14-7-6-12(9-19-14)18-8-11-4-2-3-5-13(11)16/h2-7,9-10,18H,8,17H2,1H3,(H,19,20,21). The van der Waals surface area contributed by atoms with E-state index in [1.165, 1.54) is 0 Å². The molecule has 0 aliphatic carbocycles. The van der Waals surface area contributed by atoms with Crippen molar-refractivity contribution in [2.24, 2.45) is 5.73 Å². The predicted molar refractivity (Wildman–Crippen MR) is 85.3 cm³/mol. The molecule has 0 aliphatic rings. The van der Waals surface area contributed by atoms with E-state index in [0.717, 1.165) is 16.3 Å². The van der Waals surface area contributed by atoms with E-state index >= 15 is 0 Å². The van der Waals surface area contributed by atoms with Crippen LogP contribution in [-0.4, -0.2) is 16.9 Å². The maximum atomic E-state index is 11.4. The van der Waals surface area contributed by atoms with Crippen LogP contribution in [0.15, 0.2) is 42.6 Å². The molecule has 0 spiro atoms. The number of anilines is 2. The normalized spacial score (nSPS) is 11.8. The number of rotatable bonds is 5. The molecule has 0 saturated heterocycles. The van der Waals surface area contributed by atoms with Gasteiger partial charge in [-0.15, -0.1) is 0 Å². The molecular weight excluding hydrogens is 288 g/mol. The predicted octanol–water partition coefficient (Wildman–Crippen LogP) is 2.63. The third-order valence-corrected chi connectivity index (χ3v) is 3.24. The van der Waals surface area contributed by atoms with Gasteiger partial charge in [0.15, 0.2) is 0 Å². The van der Waals surface area contributed by atoms with Gasteiger partial charge >= 0.3 is 0 Å². The number of amides is 1. The molecule has 1 atom stereocenters. The Hall–Kier alpha value is -2.11. The fourth-order valence-electron chi connectivity index (χ4n) is 1.65. The van der Waals surface area contributed by atoms with Crippen LogP contribution in [-0.2, 0) is 11.3 Å². The maximum Gasteiger partial charge on any atom is 0.242 e. The Bertz CT molecular complexity index is 613. The summed E-state index contributed by atoms with van der Waals surface area (Å²) in [6.45, 7) is 2.22. The minimum atomic E-state index is -0.565. The fourth-order valence-corrected chi connectivity index (χ4v) is 1.85. The SMILES string of the molecule is CC(N)C(=O)Nc1ccc(NCc2ccccc2Cl)cn1. The van der Waals surface area contributed by atoms with Crippen molar-refractivity contribution in [3.05, 3.63) is 53.2 Å². The van der Waals surface area contributed by atoms with Gasteiger partial charge in [-0.05, 0) is 30.7 Å². The van der Waals surface area contributed by atoms with Crippen LogP contribution >= 0.6 is 11.6 Å². The van der Waals surface area contributed by atoms with Gasteiger partial charge < -0.3 is 16.4 Å². The molecule has 0 saturated carbocycles. The van der Waals surface area contributed by atoms with Gasteiger partial charge in [0.1, 0.15) is 5.82 Å². The van der Waals surface area contributed by atoms with Crippen molar-refractivity contribution in [2.75, 3.05) is 10.6 Å². The molecule has 1 aromatic carbocycles. The van der Waals surface area contributed by atoms with Crippen molar-refractivity contribution in [2.45, 2.75) is 19.5 Å². The second-order valence-electron chi connectivity index (χ2n) is 4.66. The zero-order chi connectivity index (χ0) is 15.2. The van der Waals surface area contributed by atoms with E-state index in [-0.39, 0.29) is 5.91 Å². The van der Waals surface area contributed by atoms with Crippen molar-refractivity contribution in [1.82, 2.24) is 4.98 Å². The Morgan fingerprint density at radius 3 is 2.71 bits per heavy atom. The first-order valence-corrected chi connectivity index (χ1v) is 6.94. The quantitative estimate of drug-likeness (QED) is 0.793. The lowest BCUT2D eigenvalue weighted by Gasteiger charge is -2.10. The van der Waals surface area contributed by atoms with Gasteiger partial charge in [-0.1, -0.05) is 29.8 Å². The Balaban J connectivity index is 1.94. The first-order valence-electron chi connectivity index (χ1n) is 6.56. The van der Waals surface area contributed by atoms with Crippen LogP contribution < -0.4 is 16.4 Å². The second kappa shape index (κ2) is 7.06. The average molecular weight is 305 g/mol. The Morgan fingerprint density at radius 1 is 1.33 bits per heavy atom. The van der Waals surface area contributed by atoms with E-state index in [0.29, 0.717) is 12.4 Å². The highest BCUT2D eigenvalue weighted by molar-refractivity contribution is 6.31. The average Bonchev–Trinajstić information content (AvgIpc) is 2.48. The summed E-state index contributed by atoms with van der Waals surface area (Å²) in [5.41, 5.74) is 7.32. The summed E-state index contributed by atoms with van der Waals surface area (Å²) >= 11 is 6.09. The summed E-state index contributed by atoms with van der Waals surface area (Å²) < 4.78 is 0. The minimum absolute atomic E-state index is 0.265.